The molecule has 1 aliphatic rings. The van der Waals surface area contributed by atoms with Crippen LogP contribution in [0.4, 0.5) is 0 Å². The van der Waals surface area contributed by atoms with E-state index in [0.717, 1.165) is 23.1 Å². The molecule has 5 atom stereocenters. The number of hydrogen-bond acceptors (Lipinski definition) is 7. The van der Waals surface area contributed by atoms with Gasteiger partial charge >= 0.3 is 5.97 Å². The van der Waals surface area contributed by atoms with Crippen LogP contribution in [0.3, 0.4) is 0 Å². The fourth-order valence-electron chi connectivity index (χ4n) is 5.12. The van der Waals surface area contributed by atoms with Crippen LogP contribution in [0.2, 0.25) is 0 Å². The van der Waals surface area contributed by atoms with Crippen molar-refractivity contribution in [2.24, 2.45) is 10.8 Å². The molecule has 3 aromatic rings. The molecule has 1 fully saturated rings. The Hall–Kier alpha value is -3.33. The fourth-order valence-corrected chi connectivity index (χ4v) is 5.12. The third-order valence-electron chi connectivity index (χ3n) is 7.75. The predicted octanol–water partition coefficient (Wildman–Crippen LogP) is 7.68. The lowest BCUT2D eigenvalue weighted by molar-refractivity contribution is -0.325. The second kappa shape index (κ2) is 17.0. The van der Waals surface area contributed by atoms with Crippen LogP contribution in [0.25, 0.3) is 0 Å². The fraction of sp³-hybridized carbons (Fsp3) is 0.462. The quantitative estimate of drug-likeness (QED) is 0.119. The normalized spacial score (nSPS) is 21.9. The van der Waals surface area contributed by atoms with E-state index in [9.17, 15) is 4.79 Å². The molecule has 0 saturated carbocycles. The van der Waals surface area contributed by atoms with E-state index in [2.05, 4.69) is 20.4 Å². The van der Waals surface area contributed by atoms with Crippen molar-refractivity contribution in [3.05, 3.63) is 120 Å². The van der Waals surface area contributed by atoms with Gasteiger partial charge in [-0.1, -0.05) is 111 Å². The van der Waals surface area contributed by atoms with E-state index in [4.69, 9.17) is 28.4 Å². The van der Waals surface area contributed by atoms with Crippen LogP contribution in [0.1, 0.15) is 57.7 Å². The smallest absolute Gasteiger partial charge is 0.311 e. The zero-order valence-corrected chi connectivity index (χ0v) is 27.9. The summed E-state index contributed by atoms with van der Waals surface area (Å²) in [4.78, 5) is 13.4. The number of rotatable bonds is 16. The van der Waals surface area contributed by atoms with Gasteiger partial charge in [0, 0.05) is 0 Å². The highest BCUT2D eigenvalue weighted by atomic mass is 16.7. The molecule has 1 heterocycles. The number of carbonyl (C=O) groups excluding carboxylic acids is 1. The third-order valence-corrected chi connectivity index (χ3v) is 7.75. The molecule has 0 radical (unpaired) electrons. The second-order valence-corrected chi connectivity index (χ2v) is 13.7. The third kappa shape index (κ3) is 10.9. The summed E-state index contributed by atoms with van der Waals surface area (Å²) in [6.45, 7) is 15.2. The zero-order chi connectivity index (χ0) is 33.0. The van der Waals surface area contributed by atoms with Crippen LogP contribution in [0.15, 0.2) is 104 Å². The lowest BCUT2D eigenvalue weighted by Crippen LogP contribution is -2.62. The second-order valence-electron chi connectivity index (χ2n) is 13.7. The number of hydrogen-bond donors (Lipinski definition) is 0. The minimum Gasteiger partial charge on any atom is -0.454 e. The Morgan fingerprint density at radius 3 is 1.72 bits per heavy atom. The van der Waals surface area contributed by atoms with Crippen molar-refractivity contribution in [2.45, 2.75) is 91.6 Å². The maximum Gasteiger partial charge on any atom is 0.311 e. The van der Waals surface area contributed by atoms with Crippen molar-refractivity contribution in [2.75, 3.05) is 13.2 Å². The Morgan fingerprint density at radius 2 is 1.22 bits per heavy atom. The van der Waals surface area contributed by atoms with E-state index in [1.165, 1.54) is 0 Å². The average molecular weight is 631 g/mol. The molecule has 248 valence electrons. The van der Waals surface area contributed by atoms with Gasteiger partial charge in [0.25, 0.3) is 0 Å². The van der Waals surface area contributed by atoms with Crippen LogP contribution in [-0.2, 0) is 53.0 Å². The van der Waals surface area contributed by atoms with Gasteiger partial charge in [0.15, 0.2) is 12.4 Å². The van der Waals surface area contributed by atoms with Gasteiger partial charge in [-0.25, -0.2) is 0 Å². The molecule has 0 aromatic heterocycles. The minimum absolute atomic E-state index is 0.218. The first kappa shape index (κ1) is 35.5. The van der Waals surface area contributed by atoms with E-state index in [1.54, 1.807) is 0 Å². The standard InChI is InChI=1S/C39H50O7/c1-7-23-39(5,6)28-44-36-35(46-37(40)38(2,3)4)34(43-26-31-21-15-10-16-22-31)33(42-25-30-19-13-9-14-20-30)32(45-36)27-41-24-29-17-11-8-12-18-29/h7-22,32-36H,1,23-28H2,2-6H3/t32-,33-,34+,35-,36-/m1/s1. The monoisotopic (exact) mass is 630 g/mol. The molecule has 0 amide bonds. The summed E-state index contributed by atoms with van der Waals surface area (Å²) < 4.78 is 38.9. The highest BCUT2D eigenvalue weighted by Gasteiger charge is 2.51. The number of carbonyl (C=O) groups is 1. The first-order valence-corrected chi connectivity index (χ1v) is 16.1. The minimum atomic E-state index is -0.918. The average Bonchev–Trinajstić information content (AvgIpc) is 3.04. The van der Waals surface area contributed by atoms with Gasteiger partial charge < -0.3 is 28.4 Å². The van der Waals surface area contributed by atoms with E-state index >= 15 is 0 Å². The van der Waals surface area contributed by atoms with Crippen molar-refractivity contribution in [1.29, 1.82) is 0 Å². The Kier molecular flexibility index (Phi) is 13.1. The van der Waals surface area contributed by atoms with E-state index < -0.39 is 36.1 Å². The highest BCUT2D eigenvalue weighted by Crippen LogP contribution is 2.34. The van der Waals surface area contributed by atoms with Gasteiger partial charge in [0.2, 0.25) is 0 Å². The van der Waals surface area contributed by atoms with Crippen LogP contribution < -0.4 is 0 Å². The molecule has 4 rings (SSSR count). The van der Waals surface area contributed by atoms with Crippen molar-refractivity contribution < 1.29 is 33.2 Å². The first-order chi connectivity index (χ1) is 22.1. The molecule has 0 aliphatic carbocycles. The molecule has 1 saturated heterocycles. The summed E-state index contributed by atoms with van der Waals surface area (Å²) in [7, 11) is 0. The molecule has 0 N–H and O–H groups in total. The lowest BCUT2D eigenvalue weighted by atomic mass is 9.90. The maximum absolute atomic E-state index is 13.4. The van der Waals surface area contributed by atoms with Crippen LogP contribution in [0, 0.1) is 10.8 Å². The van der Waals surface area contributed by atoms with E-state index in [-0.39, 0.29) is 24.6 Å². The molecule has 3 aromatic carbocycles. The van der Waals surface area contributed by atoms with Crippen LogP contribution in [-0.4, -0.2) is 49.9 Å². The molecule has 7 heteroatoms. The van der Waals surface area contributed by atoms with Crippen molar-refractivity contribution in [1.82, 2.24) is 0 Å². The van der Waals surface area contributed by atoms with Gasteiger partial charge in [-0.2, -0.15) is 0 Å². The predicted molar refractivity (Wildman–Crippen MR) is 179 cm³/mol. The topological polar surface area (TPSA) is 72.5 Å². The Labute approximate surface area is 274 Å². The van der Waals surface area contributed by atoms with E-state index in [0.29, 0.717) is 19.8 Å². The van der Waals surface area contributed by atoms with Gasteiger partial charge in [0.1, 0.15) is 18.3 Å². The zero-order valence-electron chi connectivity index (χ0n) is 27.9. The molecular formula is C39H50O7. The molecule has 7 nitrogen and oxygen atoms in total. The summed E-state index contributed by atoms with van der Waals surface area (Å²) >= 11 is 0. The summed E-state index contributed by atoms with van der Waals surface area (Å²) in [6.07, 6.45) is -1.14. The van der Waals surface area contributed by atoms with Gasteiger partial charge in [-0.05, 0) is 49.3 Å². The largest absolute Gasteiger partial charge is 0.454 e. The lowest BCUT2D eigenvalue weighted by Gasteiger charge is -2.46. The maximum atomic E-state index is 13.4. The van der Waals surface area contributed by atoms with Crippen LogP contribution in [0.5, 0.6) is 0 Å². The van der Waals surface area contributed by atoms with E-state index in [1.807, 2.05) is 118 Å². The number of allylic oxidation sites excluding steroid dienone is 1. The van der Waals surface area contributed by atoms with Gasteiger partial charge in [-0.15, -0.1) is 6.58 Å². The first-order valence-electron chi connectivity index (χ1n) is 16.1. The summed E-state index contributed by atoms with van der Waals surface area (Å²) in [5.41, 5.74) is 2.06. The number of ether oxygens (including phenoxy) is 6. The summed E-state index contributed by atoms with van der Waals surface area (Å²) in [5.74, 6) is -0.381. The molecule has 46 heavy (non-hydrogen) atoms. The van der Waals surface area contributed by atoms with Crippen molar-refractivity contribution in [3.8, 4) is 0 Å². The van der Waals surface area contributed by atoms with Crippen molar-refractivity contribution in [3.63, 3.8) is 0 Å². The highest BCUT2D eigenvalue weighted by molar-refractivity contribution is 5.75. The molecule has 0 spiro atoms. The van der Waals surface area contributed by atoms with Gasteiger partial charge in [-0.3, -0.25) is 4.79 Å². The van der Waals surface area contributed by atoms with Crippen molar-refractivity contribution >= 4 is 5.97 Å². The molecule has 0 bridgehead atoms. The molecular weight excluding hydrogens is 580 g/mol. The number of esters is 1. The van der Waals surface area contributed by atoms with Crippen LogP contribution >= 0.6 is 0 Å². The summed E-state index contributed by atoms with van der Waals surface area (Å²) in [6, 6.07) is 29.8. The Bertz CT molecular complexity index is 1320. The van der Waals surface area contributed by atoms with Gasteiger partial charge in [0.05, 0.1) is 38.4 Å². The summed E-state index contributed by atoms with van der Waals surface area (Å²) in [5, 5.41) is 0. The molecule has 0 unspecified atom stereocenters. The molecule has 1 aliphatic heterocycles. The Balaban J connectivity index is 1.68. The Morgan fingerprint density at radius 1 is 0.717 bits per heavy atom. The SMILES string of the molecule is C=CCC(C)(C)CO[C@@H]1O[C@H](COCc2ccccc2)[C@@H](OCc2ccccc2)[C@H](OCc2ccccc2)[C@H]1OC(=O)C(C)(C)C. The number of benzene rings is 3.